The molecule has 0 radical (unpaired) electrons. The summed E-state index contributed by atoms with van der Waals surface area (Å²) >= 11 is 0. The highest BCUT2D eigenvalue weighted by Crippen LogP contribution is 2.65. The number of halogens is 12. The van der Waals surface area contributed by atoms with E-state index in [-0.39, 0.29) is 0 Å². The fourth-order valence-corrected chi connectivity index (χ4v) is 2.01. The van der Waals surface area contributed by atoms with E-state index in [0.29, 0.717) is 0 Å². The van der Waals surface area contributed by atoms with Crippen LogP contribution in [0.15, 0.2) is 0 Å². The molecule has 0 fully saturated rings. The number of hydrogen-bond acceptors (Lipinski definition) is 0. The van der Waals surface area contributed by atoms with Crippen LogP contribution in [0.5, 0.6) is 0 Å². The summed E-state index contributed by atoms with van der Waals surface area (Å²) in [5.41, 5.74) is -6.55. The zero-order valence-corrected chi connectivity index (χ0v) is 9.86. The minimum atomic E-state index is -6.55. The topological polar surface area (TPSA) is 0 Å². The fourth-order valence-electron chi connectivity index (χ4n) is 2.01. The average molecular weight is 344 g/mol. The Morgan fingerprint density at radius 2 is 0.524 bits per heavy atom. The van der Waals surface area contributed by atoms with Crippen LogP contribution >= 0.6 is 0 Å². The third kappa shape index (κ3) is 2.54. The number of rotatable bonds is 8. The lowest BCUT2D eigenvalue weighted by atomic mass is 9.66. The van der Waals surface area contributed by atoms with Gasteiger partial charge in [-0.25, -0.2) is 52.7 Å². The molecule has 128 valence electrons. The van der Waals surface area contributed by atoms with E-state index in [0.717, 1.165) is 0 Å². The van der Waals surface area contributed by atoms with Gasteiger partial charge >= 0.3 is 0 Å². The Morgan fingerprint density at radius 3 is 0.619 bits per heavy atom. The molecule has 0 spiro atoms. The molecule has 0 N–H and O–H groups in total. The minimum absolute atomic E-state index is 3.53. The summed E-state index contributed by atoms with van der Waals surface area (Å²) in [5, 5.41) is 0. The Balaban J connectivity index is 6.85. The first kappa shape index (κ1) is 20.2. The van der Waals surface area contributed by atoms with Crippen LogP contribution < -0.4 is 0 Å². The lowest BCUT2D eigenvalue weighted by Crippen LogP contribution is -2.74. The van der Waals surface area contributed by atoms with Crippen LogP contribution in [0.3, 0.4) is 0 Å². The van der Waals surface area contributed by atoms with E-state index in [1.54, 1.807) is 0 Å². The molecular weight excluding hydrogens is 336 g/mol. The second-order valence-electron chi connectivity index (χ2n) is 4.10. The summed E-state index contributed by atoms with van der Waals surface area (Å²) in [6.07, 6.45) is 0. The van der Waals surface area contributed by atoms with Crippen LogP contribution in [0.4, 0.5) is 52.7 Å². The Morgan fingerprint density at radius 1 is 0.381 bits per heavy atom. The summed E-state index contributed by atoms with van der Waals surface area (Å²) in [6, 6.07) is 0. The second kappa shape index (κ2) is 5.75. The van der Waals surface area contributed by atoms with E-state index in [1.165, 1.54) is 0 Å². The van der Waals surface area contributed by atoms with Crippen LogP contribution in [-0.2, 0) is 0 Å². The van der Waals surface area contributed by atoms with Crippen molar-refractivity contribution in [1.82, 2.24) is 0 Å². The monoisotopic (exact) mass is 344 g/mol. The molecule has 0 aliphatic carbocycles. The number of alkyl halides is 12. The summed E-state index contributed by atoms with van der Waals surface area (Å²) in [7, 11) is 0. The van der Waals surface area contributed by atoms with Crippen molar-refractivity contribution < 1.29 is 52.7 Å². The van der Waals surface area contributed by atoms with Crippen LogP contribution in [-0.4, -0.2) is 50.4 Å². The molecule has 21 heavy (non-hydrogen) atoms. The van der Waals surface area contributed by atoms with E-state index >= 15 is 0 Å². The molecule has 0 atom stereocenters. The first-order chi connectivity index (χ1) is 9.24. The molecule has 0 amide bonds. The van der Waals surface area contributed by atoms with E-state index in [9.17, 15) is 52.7 Å². The molecule has 0 saturated carbocycles. The van der Waals surface area contributed by atoms with Gasteiger partial charge in [-0.3, -0.25) is 0 Å². The molecule has 0 unspecified atom stereocenters. The molecular formula is C9H8F12. The van der Waals surface area contributed by atoms with Crippen LogP contribution in [0, 0.1) is 5.41 Å². The molecule has 12 heteroatoms. The average Bonchev–Trinajstić information content (AvgIpc) is 2.37. The predicted molar refractivity (Wildman–Crippen MR) is 46.1 cm³/mol. The van der Waals surface area contributed by atoms with Gasteiger partial charge in [-0.2, -0.15) is 0 Å². The van der Waals surface area contributed by atoms with Gasteiger partial charge < -0.3 is 0 Å². The quantitative estimate of drug-likeness (QED) is 0.573. The van der Waals surface area contributed by atoms with Crippen molar-refractivity contribution in [2.45, 2.75) is 23.7 Å². The van der Waals surface area contributed by atoms with Gasteiger partial charge in [-0.05, 0) is 0 Å². The molecule has 0 nitrogen and oxygen atoms in total. The third-order valence-corrected chi connectivity index (χ3v) is 2.87. The Bertz CT molecular complexity index is 279. The van der Waals surface area contributed by atoms with Crippen molar-refractivity contribution in [3.8, 4) is 0 Å². The molecule has 0 aliphatic rings. The maximum Gasteiger partial charge on any atom is 0.299 e. The Kier molecular flexibility index (Phi) is 5.52. The maximum atomic E-state index is 13.2. The Labute approximate surface area is 110 Å². The standard InChI is InChI=1S/C9H8F12/c10-1-5(14,15)9(6(16,17)2-11,7(18,19)3-12)8(20,21)4-13/h1-4H2. The highest BCUT2D eigenvalue weighted by atomic mass is 19.3. The van der Waals surface area contributed by atoms with Crippen molar-refractivity contribution >= 4 is 0 Å². The van der Waals surface area contributed by atoms with Gasteiger partial charge in [-0.1, -0.05) is 0 Å². The van der Waals surface area contributed by atoms with Gasteiger partial charge in [0.25, 0.3) is 23.7 Å². The molecule has 0 saturated heterocycles. The van der Waals surface area contributed by atoms with Crippen molar-refractivity contribution in [2.75, 3.05) is 26.7 Å². The number of hydrogen-bond donors (Lipinski definition) is 0. The first-order valence-electron chi connectivity index (χ1n) is 5.00. The van der Waals surface area contributed by atoms with Crippen LogP contribution in [0.2, 0.25) is 0 Å². The lowest BCUT2D eigenvalue weighted by molar-refractivity contribution is -0.401. The predicted octanol–water partition coefficient (Wildman–Crippen LogP) is 4.39. The largest absolute Gasteiger partial charge is 0.299 e. The van der Waals surface area contributed by atoms with Gasteiger partial charge in [-0.15, -0.1) is 0 Å². The van der Waals surface area contributed by atoms with Gasteiger partial charge in [0, 0.05) is 0 Å². The second-order valence-corrected chi connectivity index (χ2v) is 4.10. The molecule has 0 bridgehead atoms. The zero-order chi connectivity index (χ0) is 17.3. The fraction of sp³-hybridized carbons (Fsp3) is 1.00. The van der Waals surface area contributed by atoms with Crippen molar-refractivity contribution in [3.63, 3.8) is 0 Å². The van der Waals surface area contributed by atoms with Crippen LogP contribution in [0.1, 0.15) is 0 Å². The van der Waals surface area contributed by atoms with E-state index in [2.05, 4.69) is 0 Å². The third-order valence-electron chi connectivity index (χ3n) is 2.87. The van der Waals surface area contributed by atoms with E-state index in [1.807, 2.05) is 0 Å². The Hall–Kier alpha value is -0.840. The van der Waals surface area contributed by atoms with Gasteiger partial charge in [0.05, 0.1) is 0 Å². The van der Waals surface area contributed by atoms with Gasteiger partial charge in [0.1, 0.15) is 0 Å². The SMILES string of the molecule is FCC(F)(F)C(C(F)(F)CF)(C(F)(F)CF)C(F)(F)CF. The normalized spacial score (nSPS) is 15.4. The smallest absolute Gasteiger partial charge is 0.244 e. The van der Waals surface area contributed by atoms with Crippen LogP contribution in [0.25, 0.3) is 0 Å². The highest BCUT2D eigenvalue weighted by Gasteiger charge is 2.89. The van der Waals surface area contributed by atoms with Crippen molar-refractivity contribution in [3.05, 3.63) is 0 Å². The lowest BCUT2D eigenvalue weighted by Gasteiger charge is -2.49. The molecule has 0 aromatic carbocycles. The summed E-state index contributed by atoms with van der Waals surface area (Å²) in [4.78, 5) is 0. The minimum Gasteiger partial charge on any atom is -0.244 e. The first-order valence-corrected chi connectivity index (χ1v) is 5.00. The van der Waals surface area contributed by atoms with E-state index in [4.69, 9.17) is 0 Å². The highest BCUT2D eigenvalue weighted by molar-refractivity contribution is 5.17. The van der Waals surface area contributed by atoms with Gasteiger partial charge in [0.2, 0.25) is 5.41 Å². The maximum absolute atomic E-state index is 13.2. The van der Waals surface area contributed by atoms with E-state index < -0.39 is 55.8 Å². The van der Waals surface area contributed by atoms with Crippen molar-refractivity contribution in [1.29, 1.82) is 0 Å². The molecule has 0 aliphatic heterocycles. The molecule has 0 heterocycles. The summed E-state index contributed by atoms with van der Waals surface area (Å²) in [6.45, 7) is -14.1. The molecule has 0 aromatic heterocycles. The van der Waals surface area contributed by atoms with Crippen molar-refractivity contribution in [2.24, 2.45) is 5.41 Å². The molecule has 0 aromatic rings. The van der Waals surface area contributed by atoms with Gasteiger partial charge in [0.15, 0.2) is 26.7 Å². The zero-order valence-electron chi connectivity index (χ0n) is 9.86. The molecule has 0 rings (SSSR count). The summed E-state index contributed by atoms with van der Waals surface area (Å²) < 4.78 is 154. The summed E-state index contributed by atoms with van der Waals surface area (Å²) in [5.74, 6) is -25.3.